The van der Waals surface area contributed by atoms with Gasteiger partial charge in [-0.05, 0) is 30.1 Å². The zero-order chi connectivity index (χ0) is 23.1. The average molecular weight is 444 g/mol. The topological polar surface area (TPSA) is 148 Å². The van der Waals surface area contributed by atoms with E-state index in [0.29, 0.717) is 65.0 Å². The van der Waals surface area contributed by atoms with Crippen molar-refractivity contribution >= 4 is 30.0 Å². The first-order valence-corrected chi connectivity index (χ1v) is 10.4. The number of amides is 1. The zero-order valence-corrected chi connectivity index (χ0v) is 17.8. The molecule has 0 fully saturated rings. The second-order valence-corrected chi connectivity index (χ2v) is 7.77. The molecule has 5 N–H and O–H groups in total. The summed E-state index contributed by atoms with van der Waals surface area (Å²) < 4.78 is 7.54. The van der Waals surface area contributed by atoms with Gasteiger partial charge in [0.05, 0.1) is 23.6 Å². The number of carbonyl (C=O) groups is 1. The number of primary amides is 1. The summed E-state index contributed by atoms with van der Waals surface area (Å²) in [4.78, 5) is 25.8. The Balaban J connectivity index is 1.56. The molecule has 10 nitrogen and oxygen atoms in total. The molecule has 1 aromatic carbocycles. The van der Waals surface area contributed by atoms with Crippen LogP contribution in [0.5, 0.6) is 5.75 Å². The number of rotatable bonds is 6. The van der Waals surface area contributed by atoms with Crippen LogP contribution in [0.25, 0.3) is 17.2 Å². The molecule has 1 amide bonds. The molecule has 0 aliphatic carbocycles. The maximum absolute atomic E-state index is 11.8. The molecule has 0 atom stereocenters. The Morgan fingerprint density at radius 1 is 1.24 bits per heavy atom. The van der Waals surface area contributed by atoms with Crippen molar-refractivity contribution < 1.29 is 19.6 Å². The number of carbonyl (C=O) groups excluding carboxylic acids is 1. The van der Waals surface area contributed by atoms with Crippen molar-refractivity contribution in [2.45, 2.75) is 19.9 Å². The van der Waals surface area contributed by atoms with Crippen LogP contribution in [0.4, 0.5) is 5.82 Å². The molecule has 0 bridgehead atoms. The molecule has 0 unspecified atom stereocenters. The summed E-state index contributed by atoms with van der Waals surface area (Å²) >= 11 is 0. The van der Waals surface area contributed by atoms with E-state index in [4.69, 9.17) is 20.4 Å². The second-order valence-electron chi connectivity index (χ2n) is 7.77. The van der Waals surface area contributed by atoms with E-state index in [0.717, 1.165) is 11.3 Å². The Bertz CT molecular complexity index is 1390. The van der Waals surface area contributed by atoms with Crippen LogP contribution < -0.4 is 21.3 Å². The van der Waals surface area contributed by atoms with Crippen LogP contribution in [0.3, 0.4) is 0 Å². The molecule has 4 heterocycles. The highest BCUT2D eigenvalue weighted by Gasteiger charge is 2.25. The minimum absolute atomic E-state index is 0.320. The fraction of sp³-hybridized carbons (Fsp3) is 0.182. The molecule has 0 saturated heterocycles. The molecule has 0 radical (unpaired) electrons. The van der Waals surface area contributed by atoms with E-state index in [1.807, 2.05) is 13.0 Å². The first-order valence-electron chi connectivity index (χ1n) is 10.4. The quantitative estimate of drug-likeness (QED) is 0.313. The molecule has 0 saturated carbocycles. The molecule has 33 heavy (non-hydrogen) atoms. The number of hydrogen-bond donors (Lipinski definition) is 4. The number of pyridine rings is 1. The summed E-state index contributed by atoms with van der Waals surface area (Å²) in [6, 6.07) is 10.4. The number of aryl methyl sites for hydroxylation is 1. The number of nitrogens with zero attached hydrogens (tertiary/aromatic N) is 4. The summed E-state index contributed by atoms with van der Waals surface area (Å²) in [5, 5.41) is 22.1. The number of aromatic nitrogens is 4. The highest BCUT2D eigenvalue weighted by atomic mass is 16.5. The van der Waals surface area contributed by atoms with Crippen LogP contribution in [0.2, 0.25) is 0 Å². The van der Waals surface area contributed by atoms with Gasteiger partial charge in [-0.3, -0.25) is 9.20 Å². The fourth-order valence-electron chi connectivity index (χ4n) is 3.99. The number of nitrogens with two attached hydrogens (primary N) is 1. The van der Waals surface area contributed by atoms with Crippen molar-refractivity contribution in [2.24, 2.45) is 5.73 Å². The zero-order valence-electron chi connectivity index (χ0n) is 17.8. The van der Waals surface area contributed by atoms with Crippen LogP contribution in [0, 0.1) is 6.92 Å². The molecular weight excluding hydrogens is 423 g/mol. The van der Waals surface area contributed by atoms with E-state index in [-0.39, 0.29) is 0 Å². The van der Waals surface area contributed by atoms with E-state index in [1.165, 1.54) is 0 Å². The molecule has 0 spiro atoms. The largest absolute Gasteiger partial charge is 0.488 e. The molecule has 1 aliphatic heterocycles. The van der Waals surface area contributed by atoms with E-state index < -0.39 is 13.0 Å². The third kappa shape index (κ3) is 3.77. The molecule has 5 rings (SSSR count). The number of anilines is 1. The van der Waals surface area contributed by atoms with Crippen LogP contribution in [-0.4, -0.2) is 49.0 Å². The van der Waals surface area contributed by atoms with Gasteiger partial charge in [0.2, 0.25) is 0 Å². The molecule has 1 aliphatic rings. The molecule has 4 aromatic rings. The molecular formula is C22H21BN6O4. The SMILES string of the molecule is Cc1nc2c(C(N)=O)cccn2c1-c1nc2c(c(NCc3cccc(B(O)O)c3)n1)OCC2. The van der Waals surface area contributed by atoms with Crippen molar-refractivity contribution in [3.05, 3.63) is 65.1 Å². The minimum atomic E-state index is -1.54. The van der Waals surface area contributed by atoms with Crippen LogP contribution in [-0.2, 0) is 13.0 Å². The monoisotopic (exact) mass is 444 g/mol. The summed E-state index contributed by atoms with van der Waals surface area (Å²) in [6.45, 7) is 2.73. The predicted octanol–water partition coefficient (Wildman–Crippen LogP) is 0.425. The Morgan fingerprint density at radius 2 is 2.09 bits per heavy atom. The number of fused-ring (bicyclic) bond motifs is 2. The number of benzene rings is 1. The van der Waals surface area contributed by atoms with Gasteiger partial charge in [0.25, 0.3) is 5.91 Å². The van der Waals surface area contributed by atoms with Crippen molar-refractivity contribution in [1.29, 1.82) is 0 Å². The van der Waals surface area contributed by atoms with Gasteiger partial charge in [-0.1, -0.05) is 24.3 Å². The van der Waals surface area contributed by atoms with Gasteiger partial charge in [0, 0.05) is 19.2 Å². The highest BCUT2D eigenvalue weighted by molar-refractivity contribution is 6.58. The lowest BCUT2D eigenvalue weighted by atomic mass is 9.80. The third-order valence-electron chi connectivity index (χ3n) is 5.53. The van der Waals surface area contributed by atoms with Crippen molar-refractivity contribution in [2.75, 3.05) is 11.9 Å². The molecule has 3 aromatic heterocycles. The van der Waals surface area contributed by atoms with Gasteiger partial charge in [-0.15, -0.1) is 0 Å². The summed E-state index contributed by atoms with van der Waals surface area (Å²) in [6.07, 6.45) is 2.44. The first kappa shape index (κ1) is 20.9. The van der Waals surface area contributed by atoms with Crippen LogP contribution in [0.15, 0.2) is 42.6 Å². The Morgan fingerprint density at radius 3 is 2.88 bits per heavy atom. The highest BCUT2D eigenvalue weighted by Crippen LogP contribution is 2.34. The van der Waals surface area contributed by atoms with Crippen molar-refractivity contribution in [3.8, 4) is 17.3 Å². The Labute approximate surface area is 189 Å². The third-order valence-corrected chi connectivity index (χ3v) is 5.53. The average Bonchev–Trinajstić information content (AvgIpc) is 3.40. The van der Waals surface area contributed by atoms with Gasteiger partial charge < -0.3 is 25.8 Å². The van der Waals surface area contributed by atoms with E-state index in [1.54, 1.807) is 40.9 Å². The number of hydrogen-bond acceptors (Lipinski definition) is 8. The van der Waals surface area contributed by atoms with Gasteiger partial charge in [0.15, 0.2) is 17.4 Å². The van der Waals surface area contributed by atoms with E-state index in [2.05, 4.69) is 10.3 Å². The van der Waals surface area contributed by atoms with E-state index >= 15 is 0 Å². The van der Waals surface area contributed by atoms with Gasteiger partial charge in [0.1, 0.15) is 11.3 Å². The van der Waals surface area contributed by atoms with E-state index in [9.17, 15) is 14.8 Å². The first-order chi connectivity index (χ1) is 15.9. The van der Waals surface area contributed by atoms with Gasteiger partial charge in [-0.2, -0.15) is 0 Å². The standard InChI is InChI=1S/C22H21BN6O4/c1-12-17(29-8-3-6-15(19(24)30)22(29)26-12)20-27-16-7-9-33-18(16)21(28-20)25-11-13-4-2-5-14(10-13)23(31)32/h2-6,8,10,31-32H,7,9,11H2,1H3,(H2,24,30)(H,25,27,28). The number of nitrogens with one attached hydrogen (secondary N) is 1. The van der Waals surface area contributed by atoms with Gasteiger partial charge >= 0.3 is 7.12 Å². The Hall–Kier alpha value is -3.96. The van der Waals surface area contributed by atoms with Crippen LogP contribution in [0.1, 0.15) is 27.3 Å². The molecule has 166 valence electrons. The summed E-state index contributed by atoms with van der Waals surface area (Å²) in [5.74, 6) is 1.02. The van der Waals surface area contributed by atoms with Gasteiger partial charge in [-0.25, -0.2) is 15.0 Å². The lowest BCUT2D eigenvalue weighted by molar-refractivity contribution is 0.100. The van der Waals surface area contributed by atoms with Crippen LogP contribution >= 0.6 is 0 Å². The number of imidazole rings is 1. The lowest BCUT2D eigenvalue weighted by Crippen LogP contribution is -2.30. The maximum atomic E-state index is 11.8. The maximum Gasteiger partial charge on any atom is 0.488 e. The normalized spacial score (nSPS) is 12.5. The lowest BCUT2D eigenvalue weighted by Gasteiger charge is -2.12. The number of ether oxygens (including phenoxy) is 1. The molecule has 11 heteroatoms. The fourth-order valence-corrected chi connectivity index (χ4v) is 3.99. The predicted molar refractivity (Wildman–Crippen MR) is 122 cm³/mol. The Kier molecular flexibility index (Phi) is 5.19. The minimum Gasteiger partial charge on any atom is -0.487 e. The second kappa shape index (κ2) is 8.19. The summed E-state index contributed by atoms with van der Waals surface area (Å²) in [5.41, 5.74) is 9.66. The smallest absolute Gasteiger partial charge is 0.487 e. The van der Waals surface area contributed by atoms with Crippen molar-refractivity contribution in [1.82, 2.24) is 19.4 Å². The summed E-state index contributed by atoms with van der Waals surface area (Å²) in [7, 11) is -1.54. The van der Waals surface area contributed by atoms with Crippen molar-refractivity contribution in [3.63, 3.8) is 0 Å².